The molecule has 1 amide bonds. The highest BCUT2D eigenvalue weighted by atomic mass is 16.5. The van der Waals surface area contributed by atoms with E-state index in [4.69, 9.17) is 4.74 Å². The van der Waals surface area contributed by atoms with Crippen molar-refractivity contribution in [3.8, 4) is 0 Å². The van der Waals surface area contributed by atoms with Gasteiger partial charge in [-0.25, -0.2) is 0 Å². The van der Waals surface area contributed by atoms with Crippen molar-refractivity contribution >= 4 is 11.6 Å². The standard InChI is InChI=1S/C15H22N2O2/c1-11(13-7-8-19-10-13)16-14-6-4-5-12(9-14)15(18)17(2)3/h4-6,9,11,13,16H,7-8,10H2,1-3H3. The number of rotatable bonds is 4. The third-order valence-corrected chi connectivity index (χ3v) is 3.58. The van der Waals surface area contributed by atoms with E-state index >= 15 is 0 Å². The lowest BCUT2D eigenvalue weighted by atomic mass is 10.0. The van der Waals surface area contributed by atoms with Crippen LogP contribution in [0.25, 0.3) is 0 Å². The Bertz CT molecular complexity index is 440. The lowest BCUT2D eigenvalue weighted by Gasteiger charge is -2.21. The summed E-state index contributed by atoms with van der Waals surface area (Å²) >= 11 is 0. The van der Waals surface area contributed by atoms with Gasteiger partial charge in [0, 0.05) is 43.9 Å². The normalized spacial score (nSPS) is 20.1. The van der Waals surface area contributed by atoms with Gasteiger partial charge in [-0.2, -0.15) is 0 Å². The second kappa shape index (κ2) is 6.06. The van der Waals surface area contributed by atoms with Gasteiger partial charge in [0.05, 0.1) is 6.61 Å². The average molecular weight is 262 g/mol. The molecule has 2 rings (SSSR count). The zero-order chi connectivity index (χ0) is 13.8. The van der Waals surface area contributed by atoms with E-state index in [9.17, 15) is 4.79 Å². The van der Waals surface area contributed by atoms with Crippen molar-refractivity contribution < 1.29 is 9.53 Å². The molecule has 1 heterocycles. The number of nitrogens with zero attached hydrogens (tertiary/aromatic N) is 1. The third kappa shape index (κ3) is 3.47. The fourth-order valence-electron chi connectivity index (χ4n) is 2.33. The first-order valence-corrected chi connectivity index (χ1v) is 6.74. The molecule has 1 saturated heterocycles. The minimum Gasteiger partial charge on any atom is -0.382 e. The number of amides is 1. The van der Waals surface area contributed by atoms with Gasteiger partial charge in [0.1, 0.15) is 0 Å². The van der Waals surface area contributed by atoms with Gasteiger partial charge in [-0.3, -0.25) is 4.79 Å². The second-order valence-corrected chi connectivity index (χ2v) is 5.34. The van der Waals surface area contributed by atoms with Crippen LogP contribution in [0.5, 0.6) is 0 Å². The van der Waals surface area contributed by atoms with Gasteiger partial charge < -0.3 is 15.0 Å². The van der Waals surface area contributed by atoms with E-state index in [2.05, 4.69) is 12.2 Å². The zero-order valence-corrected chi connectivity index (χ0v) is 11.8. The van der Waals surface area contributed by atoms with Crippen LogP contribution in [-0.4, -0.2) is 44.2 Å². The van der Waals surface area contributed by atoms with Crippen LogP contribution in [0.3, 0.4) is 0 Å². The van der Waals surface area contributed by atoms with E-state index in [1.165, 1.54) is 0 Å². The lowest BCUT2D eigenvalue weighted by molar-refractivity contribution is 0.0827. The van der Waals surface area contributed by atoms with E-state index in [0.717, 1.165) is 25.3 Å². The van der Waals surface area contributed by atoms with Crippen LogP contribution < -0.4 is 5.32 Å². The van der Waals surface area contributed by atoms with E-state index in [0.29, 0.717) is 17.5 Å². The monoisotopic (exact) mass is 262 g/mol. The Hall–Kier alpha value is -1.55. The zero-order valence-electron chi connectivity index (χ0n) is 11.8. The summed E-state index contributed by atoms with van der Waals surface area (Å²) in [5, 5.41) is 3.47. The summed E-state index contributed by atoms with van der Waals surface area (Å²) in [5.41, 5.74) is 1.71. The van der Waals surface area contributed by atoms with Crippen molar-refractivity contribution in [2.45, 2.75) is 19.4 Å². The quantitative estimate of drug-likeness (QED) is 0.904. The van der Waals surface area contributed by atoms with Crippen molar-refractivity contribution in [1.29, 1.82) is 0 Å². The molecule has 1 aliphatic heterocycles. The number of anilines is 1. The summed E-state index contributed by atoms with van der Waals surface area (Å²) in [5.74, 6) is 0.578. The molecule has 1 aromatic carbocycles. The van der Waals surface area contributed by atoms with Gasteiger partial charge in [0.25, 0.3) is 5.91 Å². The van der Waals surface area contributed by atoms with Crippen molar-refractivity contribution in [2.75, 3.05) is 32.6 Å². The fraction of sp³-hybridized carbons (Fsp3) is 0.533. The largest absolute Gasteiger partial charge is 0.382 e. The molecule has 1 aliphatic rings. The Kier molecular flexibility index (Phi) is 4.43. The Morgan fingerprint density at radius 1 is 1.47 bits per heavy atom. The number of benzene rings is 1. The van der Waals surface area contributed by atoms with Crippen molar-refractivity contribution in [2.24, 2.45) is 5.92 Å². The van der Waals surface area contributed by atoms with Gasteiger partial charge in [-0.15, -0.1) is 0 Å². The first-order chi connectivity index (χ1) is 9.08. The molecule has 0 aliphatic carbocycles. The predicted octanol–water partition coefficient (Wildman–Crippen LogP) is 2.23. The summed E-state index contributed by atoms with van der Waals surface area (Å²) in [6, 6.07) is 8.02. The molecule has 1 fully saturated rings. The van der Waals surface area contributed by atoms with Crippen LogP contribution in [0.2, 0.25) is 0 Å². The molecule has 2 atom stereocenters. The molecule has 0 bridgehead atoms. The number of hydrogen-bond acceptors (Lipinski definition) is 3. The molecule has 4 nitrogen and oxygen atoms in total. The minimum absolute atomic E-state index is 0.0282. The van der Waals surface area contributed by atoms with Crippen LogP contribution in [0.15, 0.2) is 24.3 Å². The third-order valence-electron chi connectivity index (χ3n) is 3.58. The first kappa shape index (κ1) is 13.9. The van der Waals surface area contributed by atoms with E-state index < -0.39 is 0 Å². The van der Waals surface area contributed by atoms with Crippen LogP contribution in [0.1, 0.15) is 23.7 Å². The molecule has 2 unspecified atom stereocenters. The van der Waals surface area contributed by atoms with Gasteiger partial charge in [0.2, 0.25) is 0 Å². The molecule has 0 spiro atoms. The SMILES string of the molecule is CC(Nc1cccc(C(=O)N(C)C)c1)C1CCOC1. The highest BCUT2D eigenvalue weighted by molar-refractivity contribution is 5.94. The Morgan fingerprint density at radius 2 is 2.26 bits per heavy atom. The number of hydrogen-bond donors (Lipinski definition) is 1. The van der Waals surface area contributed by atoms with Gasteiger partial charge >= 0.3 is 0 Å². The van der Waals surface area contributed by atoms with Crippen LogP contribution in [0.4, 0.5) is 5.69 Å². The van der Waals surface area contributed by atoms with E-state index in [1.54, 1.807) is 19.0 Å². The molecular weight excluding hydrogens is 240 g/mol. The highest BCUT2D eigenvalue weighted by Gasteiger charge is 2.22. The van der Waals surface area contributed by atoms with Crippen LogP contribution in [-0.2, 0) is 4.74 Å². The topological polar surface area (TPSA) is 41.6 Å². The number of carbonyl (C=O) groups excluding carboxylic acids is 1. The summed E-state index contributed by atoms with van der Waals surface area (Å²) in [7, 11) is 3.53. The summed E-state index contributed by atoms with van der Waals surface area (Å²) in [4.78, 5) is 13.5. The van der Waals surface area contributed by atoms with E-state index in [-0.39, 0.29) is 5.91 Å². The van der Waals surface area contributed by atoms with Crippen molar-refractivity contribution in [3.63, 3.8) is 0 Å². The maximum absolute atomic E-state index is 11.9. The second-order valence-electron chi connectivity index (χ2n) is 5.34. The number of ether oxygens (including phenoxy) is 1. The minimum atomic E-state index is 0.0282. The fourth-order valence-corrected chi connectivity index (χ4v) is 2.33. The highest BCUT2D eigenvalue weighted by Crippen LogP contribution is 2.21. The molecule has 1 N–H and O–H groups in total. The molecule has 104 valence electrons. The summed E-state index contributed by atoms with van der Waals surface area (Å²) in [6.07, 6.45) is 1.10. The van der Waals surface area contributed by atoms with Gasteiger partial charge in [0.15, 0.2) is 0 Å². The van der Waals surface area contributed by atoms with Crippen LogP contribution >= 0.6 is 0 Å². The maximum atomic E-state index is 11.9. The van der Waals surface area contributed by atoms with Crippen molar-refractivity contribution in [3.05, 3.63) is 29.8 Å². The Labute approximate surface area is 114 Å². The van der Waals surface area contributed by atoms with E-state index in [1.807, 2.05) is 24.3 Å². The Morgan fingerprint density at radius 3 is 2.89 bits per heavy atom. The molecule has 0 saturated carbocycles. The molecule has 19 heavy (non-hydrogen) atoms. The summed E-state index contributed by atoms with van der Waals surface area (Å²) in [6.45, 7) is 3.85. The smallest absolute Gasteiger partial charge is 0.253 e. The lowest BCUT2D eigenvalue weighted by Crippen LogP contribution is -2.26. The number of carbonyl (C=O) groups is 1. The molecule has 1 aromatic rings. The van der Waals surface area contributed by atoms with Crippen molar-refractivity contribution in [1.82, 2.24) is 4.90 Å². The van der Waals surface area contributed by atoms with Gasteiger partial charge in [-0.05, 0) is 31.5 Å². The maximum Gasteiger partial charge on any atom is 0.253 e. The Balaban J connectivity index is 2.04. The summed E-state index contributed by atoms with van der Waals surface area (Å²) < 4.78 is 5.41. The molecule has 0 radical (unpaired) electrons. The van der Waals surface area contributed by atoms with Crippen LogP contribution in [0, 0.1) is 5.92 Å². The molecule has 4 heteroatoms. The first-order valence-electron chi connectivity index (χ1n) is 6.74. The average Bonchev–Trinajstić information content (AvgIpc) is 2.92. The van der Waals surface area contributed by atoms with Gasteiger partial charge in [-0.1, -0.05) is 6.07 Å². The molecular formula is C15H22N2O2. The predicted molar refractivity (Wildman–Crippen MR) is 76.5 cm³/mol. The molecule has 0 aromatic heterocycles. The number of nitrogens with one attached hydrogen (secondary N) is 1.